The lowest BCUT2D eigenvalue weighted by molar-refractivity contribution is 0.260. The van der Waals surface area contributed by atoms with Gasteiger partial charge in [0.1, 0.15) is 0 Å². The number of rotatable bonds is 5. The molecule has 0 saturated carbocycles. The molecular formula is C14H19N3O2S. The first kappa shape index (κ1) is 15.0. The summed E-state index contributed by atoms with van der Waals surface area (Å²) in [6, 6.07) is 8.11. The molecule has 1 aliphatic rings. The van der Waals surface area contributed by atoms with Crippen molar-refractivity contribution in [1.82, 2.24) is 9.62 Å². The standard InChI is InChI=1S/C14H19N3O2S/c1-12(17-8-2-3-9-17)11-16-20(18,19)14-6-4-13(10-15)5-7-14/h4-7,12,16H,2-3,8-9,11H2,1H3. The SMILES string of the molecule is CC(CNS(=O)(=O)c1ccc(C#N)cc1)N1CCCC1. The second kappa shape index (κ2) is 6.35. The largest absolute Gasteiger partial charge is 0.299 e. The van der Waals surface area contributed by atoms with Crippen LogP contribution >= 0.6 is 0 Å². The first-order valence-electron chi connectivity index (χ1n) is 6.77. The van der Waals surface area contributed by atoms with Crippen LogP contribution in [-0.4, -0.2) is 39.0 Å². The summed E-state index contributed by atoms with van der Waals surface area (Å²) in [4.78, 5) is 2.49. The Balaban J connectivity index is 1.97. The Bertz CT molecular complexity index is 584. The van der Waals surface area contributed by atoms with Crippen LogP contribution in [0, 0.1) is 11.3 Å². The lowest BCUT2D eigenvalue weighted by atomic mass is 10.2. The normalized spacial score (nSPS) is 17.8. The third kappa shape index (κ3) is 3.57. The molecule has 0 aliphatic carbocycles. The third-order valence-electron chi connectivity index (χ3n) is 3.63. The van der Waals surface area contributed by atoms with E-state index in [9.17, 15) is 8.42 Å². The molecule has 2 rings (SSSR count). The van der Waals surface area contributed by atoms with Crippen LogP contribution in [0.25, 0.3) is 0 Å². The van der Waals surface area contributed by atoms with Crippen molar-refractivity contribution in [2.75, 3.05) is 19.6 Å². The van der Waals surface area contributed by atoms with Gasteiger partial charge in [-0.25, -0.2) is 13.1 Å². The van der Waals surface area contributed by atoms with Gasteiger partial charge in [-0.05, 0) is 57.1 Å². The minimum Gasteiger partial charge on any atom is -0.299 e. The van der Waals surface area contributed by atoms with Crippen molar-refractivity contribution >= 4 is 10.0 Å². The summed E-state index contributed by atoms with van der Waals surface area (Å²) < 4.78 is 26.9. The first-order valence-corrected chi connectivity index (χ1v) is 8.25. The molecule has 1 N–H and O–H groups in total. The zero-order valence-electron chi connectivity index (χ0n) is 11.5. The molecule has 0 bridgehead atoms. The van der Waals surface area contributed by atoms with Crippen LogP contribution < -0.4 is 4.72 Å². The van der Waals surface area contributed by atoms with Crippen molar-refractivity contribution in [3.63, 3.8) is 0 Å². The molecule has 108 valence electrons. The van der Waals surface area contributed by atoms with Crippen LogP contribution in [0.1, 0.15) is 25.3 Å². The summed E-state index contributed by atoms with van der Waals surface area (Å²) in [5, 5.41) is 8.71. The molecule has 1 saturated heterocycles. The average Bonchev–Trinajstić information content (AvgIpc) is 2.99. The highest BCUT2D eigenvalue weighted by atomic mass is 32.2. The van der Waals surface area contributed by atoms with Gasteiger partial charge in [-0.2, -0.15) is 5.26 Å². The van der Waals surface area contributed by atoms with Gasteiger partial charge in [-0.15, -0.1) is 0 Å². The molecule has 0 radical (unpaired) electrons. The van der Waals surface area contributed by atoms with Crippen LogP contribution in [0.4, 0.5) is 0 Å². The highest BCUT2D eigenvalue weighted by Crippen LogP contribution is 2.13. The van der Waals surface area contributed by atoms with Gasteiger partial charge in [0.15, 0.2) is 0 Å². The average molecular weight is 293 g/mol. The van der Waals surface area contributed by atoms with Crippen molar-refractivity contribution in [1.29, 1.82) is 5.26 Å². The molecule has 20 heavy (non-hydrogen) atoms. The van der Waals surface area contributed by atoms with Crippen molar-refractivity contribution in [3.8, 4) is 6.07 Å². The van der Waals surface area contributed by atoms with E-state index in [-0.39, 0.29) is 10.9 Å². The van der Waals surface area contributed by atoms with Crippen molar-refractivity contribution in [2.45, 2.75) is 30.7 Å². The zero-order valence-corrected chi connectivity index (χ0v) is 12.4. The quantitative estimate of drug-likeness (QED) is 0.888. The summed E-state index contributed by atoms with van der Waals surface area (Å²) in [7, 11) is -3.50. The van der Waals surface area contributed by atoms with E-state index in [4.69, 9.17) is 5.26 Å². The Morgan fingerprint density at radius 1 is 1.30 bits per heavy atom. The van der Waals surface area contributed by atoms with Crippen LogP contribution in [0.2, 0.25) is 0 Å². The summed E-state index contributed by atoms with van der Waals surface area (Å²) in [5.74, 6) is 0. The molecule has 6 heteroatoms. The predicted octanol–water partition coefficient (Wildman–Crippen LogP) is 1.32. The van der Waals surface area contributed by atoms with Gasteiger partial charge in [0.05, 0.1) is 16.5 Å². The Hall–Kier alpha value is -1.42. The maximum atomic E-state index is 12.1. The topological polar surface area (TPSA) is 73.2 Å². The summed E-state index contributed by atoms with van der Waals surface area (Å²) in [6.07, 6.45) is 2.37. The number of nitrogens with zero attached hydrogens (tertiary/aromatic N) is 2. The number of sulfonamides is 1. The second-order valence-corrected chi connectivity index (χ2v) is 6.85. The first-order chi connectivity index (χ1) is 9.53. The van der Waals surface area contributed by atoms with E-state index in [1.54, 1.807) is 0 Å². The molecule has 1 heterocycles. The molecule has 5 nitrogen and oxygen atoms in total. The minimum absolute atomic E-state index is 0.199. The van der Waals surface area contributed by atoms with Crippen LogP contribution in [-0.2, 0) is 10.0 Å². The fourth-order valence-corrected chi connectivity index (χ4v) is 3.46. The molecule has 0 spiro atoms. The van der Waals surface area contributed by atoms with Crippen LogP contribution in [0.3, 0.4) is 0 Å². The molecule has 0 amide bonds. The zero-order chi connectivity index (χ0) is 14.6. The summed E-state index contributed by atoms with van der Waals surface area (Å²) in [6.45, 7) is 4.52. The van der Waals surface area contributed by atoms with Gasteiger partial charge in [0.2, 0.25) is 10.0 Å². The van der Waals surface area contributed by atoms with E-state index in [1.165, 1.54) is 37.1 Å². The Kier molecular flexibility index (Phi) is 4.76. The van der Waals surface area contributed by atoms with E-state index in [1.807, 2.05) is 13.0 Å². The fraction of sp³-hybridized carbons (Fsp3) is 0.500. The molecule has 1 aromatic carbocycles. The van der Waals surface area contributed by atoms with E-state index < -0.39 is 10.0 Å². The van der Waals surface area contributed by atoms with Crippen molar-refractivity contribution in [3.05, 3.63) is 29.8 Å². The van der Waals surface area contributed by atoms with Gasteiger partial charge in [-0.1, -0.05) is 0 Å². The van der Waals surface area contributed by atoms with E-state index >= 15 is 0 Å². The van der Waals surface area contributed by atoms with E-state index in [0.717, 1.165) is 13.1 Å². The van der Waals surface area contributed by atoms with Gasteiger partial charge in [0.25, 0.3) is 0 Å². The van der Waals surface area contributed by atoms with Gasteiger partial charge < -0.3 is 0 Å². The number of hydrogen-bond acceptors (Lipinski definition) is 4. The second-order valence-electron chi connectivity index (χ2n) is 5.08. The Morgan fingerprint density at radius 2 is 1.90 bits per heavy atom. The van der Waals surface area contributed by atoms with E-state index in [0.29, 0.717) is 12.1 Å². The molecule has 1 fully saturated rings. The molecular weight excluding hydrogens is 274 g/mol. The maximum absolute atomic E-state index is 12.1. The number of likely N-dealkylation sites (tertiary alicyclic amines) is 1. The van der Waals surface area contributed by atoms with E-state index in [2.05, 4.69) is 9.62 Å². The Morgan fingerprint density at radius 3 is 2.45 bits per heavy atom. The smallest absolute Gasteiger partial charge is 0.240 e. The van der Waals surface area contributed by atoms with Gasteiger partial charge >= 0.3 is 0 Å². The highest BCUT2D eigenvalue weighted by molar-refractivity contribution is 7.89. The number of nitrogens with one attached hydrogen (secondary N) is 1. The Labute approximate surface area is 120 Å². The third-order valence-corrected chi connectivity index (χ3v) is 5.07. The maximum Gasteiger partial charge on any atom is 0.240 e. The molecule has 0 aromatic heterocycles. The van der Waals surface area contributed by atoms with Crippen molar-refractivity contribution in [2.24, 2.45) is 0 Å². The molecule has 1 atom stereocenters. The monoisotopic (exact) mass is 293 g/mol. The predicted molar refractivity (Wildman–Crippen MR) is 76.6 cm³/mol. The lowest BCUT2D eigenvalue weighted by Crippen LogP contribution is -2.40. The lowest BCUT2D eigenvalue weighted by Gasteiger charge is -2.23. The fourth-order valence-electron chi connectivity index (χ4n) is 2.33. The van der Waals surface area contributed by atoms with Gasteiger partial charge in [-0.3, -0.25) is 4.90 Å². The molecule has 1 unspecified atom stereocenters. The molecule has 1 aromatic rings. The van der Waals surface area contributed by atoms with Gasteiger partial charge in [0, 0.05) is 12.6 Å². The number of benzene rings is 1. The van der Waals surface area contributed by atoms with Crippen LogP contribution in [0.5, 0.6) is 0 Å². The highest BCUT2D eigenvalue weighted by Gasteiger charge is 2.20. The number of nitriles is 1. The van der Waals surface area contributed by atoms with Crippen molar-refractivity contribution < 1.29 is 8.42 Å². The van der Waals surface area contributed by atoms with Crippen LogP contribution in [0.15, 0.2) is 29.2 Å². The summed E-state index contributed by atoms with van der Waals surface area (Å²) >= 11 is 0. The summed E-state index contributed by atoms with van der Waals surface area (Å²) in [5.41, 5.74) is 0.453. The number of hydrogen-bond donors (Lipinski definition) is 1. The minimum atomic E-state index is -3.50. The molecule has 1 aliphatic heterocycles.